The van der Waals surface area contributed by atoms with Crippen molar-refractivity contribution in [1.29, 1.82) is 0 Å². The maximum absolute atomic E-state index is 12.7. The fourth-order valence-corrected chi connectivity index (χ4v) is 3.26. The summed E-state index contributed by atoms with van der Waals surface area (Å²) >= 11 is 2.11. The number of rotatable bonds is 5. The predicted molar refractivity (Wildman–Crippen MR) is 102 cm³/mol. The second kappa shape index (κ2) is 8.97. The molecule has 3 rings (SSSR count). The Kier molecular flexibility index (Phi) is 6.39. The molecule has 3 amide bonds. The van der Waals surface area contributed by atoms with E-state index in [0.717, 1.165) is 18.0 Å². The summed E-state index contributed by atoms with van der Waals surface area (Å²) < 4.78 is 46.0. The highest BCUT2D eigenvalue weighted by Crippen LogP contribution is 2.30. The number of carbonyl (C=O) groups is 2. The van der Waals surface area contributed by atoms with E-state index in [1.807, 2.05) is 0 Å². The monoisotopic (exact) mass is 439 g/mol. The fourth-order valence-electron chi connectivity index (χ4n) is 2.05. The van der Waals surface area contributed by atoms with Crippen LogP contribution in [-0.4, -0.2) is 16.9 Å². The summed E-state index contributed by atoms with van der Waals surface area (Å²) in [4.78, 5) is 28.0. The largest absolute Gasteiger partial charge is 0.439 e. The minimum absolute atomic E-state index is 0.214. The highest BCUT2D eigenvalue weighted by atomic mass is 32.2. The number of thiophene rings is 1. The molecule has 150 valence electrons. The van der Waals surface area contributed by atoms with Crippen molar-refractivity contribution in [1.82, 2.24) is 15.0 Å². The van der Waals surface area contributed by atoms with Crippen LogP contribution in [0.25, 0.3) is 0 Å². The molecule has 2 aromatic heterocycles. The number of benzene rings is 1. The number of urea groups is 1. The first-order chi connectivity index (χ1) is 13.8. The van der Waals surface area contributed by atoms with Crippen LogP contribution in [-0.2, 0) is 6.18 Å². The lowest BCUT2D eigenvalue weighted by atomic mass is 10.3. The van der Waals surface area contributed by atoms with Crippen LogP contribution in [0, 0.1) is 0 Å². The average molecular weight is 439 g/mol. The number of hydrogen-bond donors (Lipinski definition) is 2. The van der Waals surface area contributed by atoms with Gasteiger partial charge in [0.1, 0.15) is 11.4 Å². The molecule has 2 N–H and O–H groups in total. The van der Waals surface area contributed by atoms with Gasteiger partial charge in [0.05, 0.1) is 4.88 Å². The van der Waals surface area contributed by atoms with Gasteiger partial charge in [-0.3, -0.25) is 14.8 Å². The van der Waals surface area contributed by atoms with E-state index in [-0.39, 0.29) is 11.6 Å². The smallest absolute Gasteiger partial charge is 0.433 e. The molecule has 0 aliphatic carbocycles. The molecule has 0 atom stereocenters. The Morgan fingerprint density at radius 1 is 1.07 bits per heavy atom. The molecule has 0 saturated heterocycles. The van der Waals surface area contributed by atoms with Gasteiger partial charge < -0.3 is 4.74 Å². The van der Waals surface area contributed by atoms with Crippen molar-refractivity contribution < 1.29 is 27.5 Å². The van der Waals surface area contributed by atoms with Crippen molar-refractivity contribution in [3.05, 3.63) is 70.5 Å². The molecule has 0 saturated carbocycles. The third kappa shape index (κ3) is 5.96. The van der Waals surface area contributed by atoms with Gasteiger partial charge in [-0.05, 0) is 47.7 Å². The van der Waals surface area contributed by atoms with Gasteiger partial charge in [-0.25, -0.2) is 9.78 Å². The number of hydrogen-bond acceptors (Lipinski definition) is 6. The van der Waals surface area contributed by atoms with E-state index in [0.29, 0.717) is 9.77 Å². The quantitative estimate of drug-likeness (QED) is 0.541. The molecule has 3 aromatic rings. The highest BCUT2D eigenvalue weighted by molar-refractivity contribution is 7.98. The van der Waals surface area contributed by atoms with Crippen LogP contribution in [0.4, 0.5) is 18.0 Å². The van der Waals surface area contributed by atoms with Crippen LogP contribution in [0.15, 0.2) is 64.9 Å². The number of ether oxygens (including phenoxy) is 1. The molecular formula is C18H12F3N3O3S2. The number of imide groups is 1. The number of pyridine rings is 1. The summed E-state index contributed by atoms with van der Waals surface area (Å²) in [5.74, 6) is -0.501. The minimum Gasteiger partial charge on any atom is -0.439 e. The zero-order valence-electron chi connectivity index (χ0n) is 14.4. The molecule has 0 aliphatic heterocycles. The second-order valence-electron chi connectivity index (χ2n) is 5.40. The van der Waals surface area contributed by atoms with E-state index in [1.165, 1.54) is 35.6 Å². The van der Waals surface area contributed by atoms with Gasteiger partial charge in [0.15, 0.2) is 0 Å². The molecule has 0 spiro atoms. The maximum Gasteiger partial charge on any atom is 0.433 e. The number of nitrogens with one attached hydrogen (secondary N) is 2. The highest BCUT2D eigenvalue weighted by Gasteiger charge is 2.32. The van der Waals surface area contributed by atoms with Crippen LogP contribution in [0.3, 0.4) is 0 Å². The number of carbonyl (C=O) groups excluding carboxylic acids is 2. The Labute approximate surface area is 171 Å². The van der Waals surface area contributed by atoms with Crippen LogP contribution in [0.1, 0.15) is 15.4 Å². The summed E-state index contributed by atoms with van der Waals surface area (Å²) in [7, 11) is 0. The first-order valence-electron chi connectivity index (χ1n) is 7.95. The summed E-state index contributed by atoms with van der Waals surface area (Å²) in [5.41, 5.74) is -1.06. The average Bonchev–Trinajstić information content (AvgIpc) is 3.21. The second-order valence-corrected chi connectivity index (χ2v) is 7.23. The van der Waals surface area contributed by atoms with E-state index in [1.54, 1.807) is 29.6 Å². The standard InChI is InChI=1S/C18H12F3N3O3S2/c19-18(20,21)14-7-2-8-15(22-14)27-11-4-1-5-12(10-11)29-24-17(26)23-16(25)13-6-3-9-28-13/h1-10H,(H2,23,24,25,26). The SMILES string of the molecule is O=C(NSc1cccc(Oc2cccc(C(F)(F)F)n2)c1)NC(=O)c1cccs1. The van der Waals surface area contributed by atoms with Crippen molar-refractivity contribution in [2.24, 2.45) is 0 Å². The zero-order chi connectivity index (χ0) is 20.9. The van der Waals surface area contributed by atoms with Crippen LogP contribution < -0.4 is 14.8 Å². The van der Waals surface area contributed by atoms with E-state index in [2.05, 4.69) is 15.0 Å². The summed E-state index contributed by atoms with van der Waals surface area (Å²) in [6.07, 6.45) is -4.57. The maximum atomic E-state index is 12.7. The third-order valence-electron chi connectivity index (χ3n) is 3.28. The van der Waals surface area contributed by atoms with Gasteiger partial charge in [0, 0.05) is 11.0 Å². The first-order valence-corrected chi connectivity index (χ1v) is 9.65. The van der Waals surface area contributed by atoms with E-state index < -0.39 is 23.8 Å². The molecule has 6 nitrogen and oxygen atoms in total. The minimum atomic E-state index is -4.57. The first kappa shape index (κ1) is 20.7. The molecule has 0 bridgehead atoms. The van der Waals surface area contributed by atoms with Crippen molar-refractivity contribution in [2.75, 3.05) is 0 Å². The molecule has 11 heteroatoms. The molecule has 0 aliphatic rings. The number of halogens is 3. The molecule has 29 heavy (non-hydrogen) atoms. The Bertz CT molecular complexity index is 1010. The number of nitrogens with zero attached hydrogens (tertiary/aromatic N) is 1. The van der Waals surface area contributed by atoms with Gasteiger partial charge >= 0.3 is 12.2 Å². The lowest BCUT2D eigenvalue weighted by molar-refractivity contribution is -0.141. The lowest BCUT2D eigenvalue weighted by Gasteiger charge is -2.10. The number of alkyl halides is 3. The normalized spacial score (nSPS) is 11.0. The van der Waals surface area contributed by atoms with E-state index in [4.69, 9.17) is 4.74 Å². The van der Waals surface area contributed by atoms with Crippen LogP contribution in [0.5, 0.6) is 11.6 Å². The molecular weight excluding hydrogens is 427 g/mol. The molecule has 2 heterocycles. The Morgan fingerprint density at radius 3 is 2.59 bits per heavy atom. The Balaban J connectivity index is 1.58. The number of amides is 3. The van der Waals surface area contributed by atoms with Crippen molar-refractivity contribution in [2.45, 2.75) is 11.1 Å². The third-order valence-corrected chi connectivity index (χ3v) is 4.92. The van der Waals surface area contributed by atoms with E-state index >= 15 is 0 Å². The van der Waals surface area contributed by atoms with Gasteiger partial charge in [0.2, 0.25) is 5.88 Å². The topological polar surface area (TPSA) is 80.3 Å². The fraction of sp³-hybridized carbons (Fsp3) is 0.0556. The predicted octanol–water partition coefficient (Wildman–Crippen LogP) is 5.10. The zero-order valence-corrected chi connectivity index (χ0v) is 16.0. The van der Waals surface area contributed by atoms with Crippen LogP contribution in [0.2, 0.25) is 0 Å². The van der Waals surface area contributed by atoms with Crippen molar-refractivity contribution in [3.8, 4) is 11.6 Å². The van der Waals surface area contributed by atoms with Gasteiger partial charge in [-0.15, -0.1) is 11.3 Å². The summed E-state index contributed by atoms with van der Waals surface area (Å²) in [6.45, 7) is 0. The van der Waals surface area contributed by atoms with Crippen molar-refractivity contribution in [3.63, 3.8) is 0 Å². The van der Waals surface area contributed by atoms with Gasteiger partial charge in [-0.1, -0.05) is 18.2 Å². The van der Waals surface area contributed by atoms with Crippen LogP contribution >= 0.6 is 23.3 Å². The number of aromatic nitrogens is 1. The van der Waals surface area contributed by atoms with Gasteiger partial charge in [-0.2, -0.15) is 13.2 Å². The van der Waals surface area contributed by atoms with Crippen molar-refractivity contribution >= 4 is 35.2 Å². The molecule has 1 aromatic carbocycles. The Morgan fingerprint density at radius 2 is 1.86 bits per heavy atom. The summed E-state index contributed by atoms with van der Waals surface area (Å²) in [6, 6.07) is 12.2. The Hall–Kier alpha value is -3.05. The van der Waals surface area contributed by atoms with Gasteiger partial charge in [0.25, 0.3) is 5.91 Å². The molecule has 0 radical (unpaired) electrons. The molecule has 0 unspecified atom stereocenters. The summed E-state index contributed by atoms with van der Waals surface area (Å²) in [5, 5.41) is 3.89. The molecule has 0 fully saturated rings. The lowest BCUT2D eigenvalue weighted by Crippen LogP contribution is -2.35. The van der Waals surface area contributed by atoms with E-state index in [9.17, 15) is 22.8 Å².